The highest BCUT2D eigenvalue weighted by Crippen LogP contribution is 2.24. The molecule has 2 aromatic heterocycles. The second kappa shape index (κ2) is 10.1. The van der Waals surface area contributed by atoms with Gasteiger partial charge in [0.1, 0.15) is 4.88 Å². The van der Waals surface area contributed by atoms with E-state index in [-0.39, 0.29) is 17.8 Å². The van der Waals surface area contributed by atoms with Crippen LogP contribution in [0.15, 0.2) is 29.9 Å². The summed E-state index contributed by atoms with van der Waals surface area (Å²) < 4.78 is 4.68. The molecule has 0 saturated carbocycles. The average Bonchev–Trinajstić information content (AvgIpc) is 3.21. The molecule has 11 heteroatoms. The Morgan fingerprint density at radius 2 is 1.93 bits per heavy atom. The lowest BCUT2D eigenvalue weighted by atomic mass is 10.0. The Labute approximate surface area is 177 Å². The summed E-state index contributed by atoms with van der Waals surface area (Å²) in [6, 6.07) is 3.35. The summed E-state index contributed by atoms with van der Waals surface area (Å²) in [5.41, 5.74) is 0.331. The van der Waals surface area contributed by atoms with Crippen molar-refractivity contribution >= 4 is 40.8 Å². The second-order valence-electron chi connectivity index (χ2n) is 6.78. The van der Waals surface area contributed by atoms with Crippen molar-refractivity contribution < 1.29 is 24.2 Å². The predicted octanol–water partition coefficient (Wildman–Crippen LogP) is 1.18. The maximum atomic E-state index is 12.4. The van der Waals surface area contributed by atoms with Crippen molar-refractivity contribution in [3.8, 4) is 0 Å². The number of carbonyl (C=O) groups excluding carboxylic acids is 2. The summed E-state index contributed by atoms with van der Waals surface area (Å²) in [7, 11) is 1.26. The molecule has 1 saturated heterocycles. The van der Waals surface area contributed by atoms with Crippen molar-refractivity contribution in [2.75, 3.05) is 50.1 Å². The fourth-order valence-electron chi connectivity index (χ4n) is 3.21. The highest BCUT2D eigenvalue weighted by Gasteiger charge is 2.27. The van der Waals surface area contributed by atoms with Crippen LogP contribution in [-0.2, 0) is 14.3 Å². The fraction of sp³-hybridized carbons (Fsp3) is 0.421. The van der Waals surface area contributed by atoms with Gasteiger partial charge < -0.3 is 20.1 Å². The van der Waals surface area contributed by atoms with Crippen molar-refractivity contribution in [1.82, 2.24) is 14.9 Å². The quantitative estimate of drug-likeness (QED) is 0.590. The minimum absolute atomic E-state index is 0.187. The Morgan fingerprint density at radius 1 is 1.23 bits per heavy atom. The number of nitrogens with one attached hydrogen (secondary N) is 1. The fourth-order valence-corrected chi connectivity index (χ4v) is 3.98. The summed E-state index contributed by atoms with van der Waals surface area (Å²) in [6.07, 6.45) is 3.19. The lowest BCUT2D eigenvalue weighted by Crippen LogP contribution is -2.49. The number of hydrogen-bond donors (Lipinski definition) is 2. The van der Waals surface area contributed by atoms with Gasteiger partial charge >= 0.3 is 11.9 Å². The number of thiophene rings is 1. The molecule has 3 rings (SSSR count). The van der Waals surface area contributed by atoms with E-state index in [2.05, 4.69) is 20.0 Å². The molecule has 10 nitrogen and oxygen atoms in total. The highest BCUT2D eigenvalue weighted by molar-refractivity contribution is 7.12. The number of carbonyl (C=O) groups is 3. The van der Waals surface area contributed by atoms with Crippen molar-refractivity contribution in [3.05, 3.63) is 34.8 Å². The molecule has 1 amide bonds. The van der Waals surface area contributed by atoms with Gasteiger partial charge in [-0.1, -0.05) is 0 Å². The first-order chi connectivity index (χ1) is 14.5. The zero-order valence-corrected chi connectivity index (χ0v) is 17.3. The van der Waals surface area contributed by atoms with Crippen LogP contribution >= 0.6 is 11.3 Å². The lowest BCUT2D eigenvalue weighted by molar-refractivity contribution is -0.144. The Balaban J connectivity index is 1.53. The molecule has 0 bridgehead atoms. The van der Waals surface area contributed by atoms with Crippen LogP contribution in [0.5, 0.6) is 0 Å². The number of hydrogen-bond acceptors (Lipinski definition) is 9. The molecule has 30 heavy (non-hydrogen) atoms. The van der Waals surface area contributed by atoms with Gasteiger partial charge in [0.15, 0.2) is 0 Å². The molecule has 3 heterocycles. The monoisotopic (exact) mass is 433 g/mol. The molecule has 2 N–H and O–H groups in total. The van der Waals surface area contributed by atoms with Crippen LogP contribution in [0.25, 0.3) is 0 Å². The summed E-state index contributed by atoms with van der Waals surface area (Å²) in [5, 5.41) is 13.9. The molecule has 1 aliphatic rings. The van der Waals surface area contributed by atoms with Crippen LogP contribution < -0.4 is 10.2 Å². The Morgan fingerprint density at radius 3 is 2.57 bits per heavy atom. The van der Waals surface area contributed by atoms with Gasteiger partial charge in [0.25, 0.3) is 0 Å². The molecule has 1 atom stereocenters. The first kappa shape index (κ1) is 21.7. The van der Waals surface area contributed by atoms with Gasteiger partial charge in [-0.15, -0.1) is 11.3 Å². The maximum Gasteiger partial charge on any atom is 0.350 e. The number of nitrogens with zero attached hydrogens (tertiary/aromatic N) is 4. The average molecular weight is 433 g/mol. The lowest BCUT2D eigenvalue weighted by Gasteiger charge is -2.35. The Bertz CT molecular complexity index is 882. The molecular weight excluding hydrogens is 410 g/mol. The third-order valence-corrected chi connectivity index (χ3v) is 5.67. The van der Waals surface area contributed by atoms with Crippen molar-refractivity contribution in [1.29, 1.82) is 0 Å². The van der Waals surface area contributed by atoms with Gasteiger partial charge in [0.05, 0.1) is 18.7 Å². The van der Waals surface area contributed by atoms with Gasteiger partial charge in [-0.25, -0.2) is 14.8 Å². The van der Waals surface area contributed by atoms with E-state index in [1.807, 2.05) is 9.80 Å². The van der Waals surface area contributed by atoms with Crippen LogP contribution in [0.1, 0.15) is 16.1 Å². The third-order valence-electron chi connectivity index (χ3n) is 4.78. The summed E-state index contributed by atoms with van der Waals surface area (Å²) in [6.45, 7) is 2.93. The number of anilines is 2. The first-order valence-corrected chi connectivity index (χ1v) is 10.3. The van der Waals surface area contributed by atoms with Gasteiger partial charge in [-0.05, 0) is 17.5 Å². The molecule has 0 spiro atoms. The van der Waals surface area contributed by atoms with Crippen LogP contribution in [0.2, 0.25) is 0 Å². The number of aromatic nitrogens is 2. The Hall–Kier alpha value is -3.05. The van der Waals surface area contributed by atoms with Gasteiger partial charge in [-0.2, -0.15) is 0 Å². The van der Waals surface area contributed by atoms with Gasteiger partial charge in [-0.3, -0.25) is 14.5 Å². The van der Waals surface area contributed by atoms with E-state index in [4.69, 9.17) is 0 Å². The molecular formula is C19H23N5O5S. The van der Waals surface area contributed by atoms with E-state index in [1.54, 1.807) is 29.9 Å². The zero-order valence-electron chi connectivity index (χ0n) is 16.5. The van der Waals surface area contributed by atoms with E-state index >= 15 is 0 Å². The molecule has 0 aliphatic carbocycles. The SMILES string of the molecule is COC(=O)c1sccc1NC(=O)C[C@H](CN1CCN(c2ncccn2)CC1)C(=O)O. The number of amides is 1. The second-order valence-corrected chi connectivity index (χ2v) is 7.70. The van der Waals surface area contributed by atoms with Gasteiger partial charge in [0.2, 0.25) is 11.9 Å². The number of ether oxygens (including phenoxy) is 1. The largest absolute Gasteiger partial charge is 0.481 e. The maximum absolute atomic E-state index is 12.4. The third kappa shape index (κ3) is 5.51. The number of methoxy groups -OCH3 is 1. The normalized spacial score (nSPS) is 15.4. The van der Waals surface area contributed by atoms with Crippen molar-refractivity contribution in [3.63, 3.8) is 0 Å². The number of aliphatic carboxylic acids is 1. The molecule has 2 aromatic rings. The Kier molecular flexibility index (Phi) is 7.31. The zero-order chi connectivity index (χ0) is 21.5. The number of carboxylic acid groups (broad SMARTS) is 1. The summed E-state index contributed by atoms with van der Waals surface area (Å²) in [4.78, 5) is 48.6. The molecule has 0 unspecified atom stereocenters. The molecule has 1 fully saturated rings. The van der Waals surface area contributed by atoms with E-state index in [1.165, 1.54) is 7.11 Å². The van der Waals surface area contributed by atoms with Crippen LogP contribution in [0.3, 0.4) is 0 Å². The van der Waals surface area contributed by atoms with E-state index in [9.17, 15) is 19.5 Å². The highest BCUT2D eigenvalue weighted by atomic mass is 32.1. The predicted molar refractivity (Wildman–Crippen MR) is 111 cm³/mol. The molecule has 160 valence electrons. The van der Waals surface area contributed by atoms with Crippen LogP contribution in [-0.4, -0.2) is 77.7 Å². The van der Waals surface area contributed by atoms with Gasteiger partial charge in [0, 0.05) is 51.5 Å². The number of rotatable bonds is 8. The first-order valence-electron chi connectivity index (χ1n) is 9.40. The van der Waals surface area contributed by atoms with E-state index < -0.39 is 23.8 Å². The number of piperazine rings is 1. The van der Waals surface area contributed by atoms with Crippen molar-refractivity contribution in [2.45, 2.75) is 6.42 Å². The topological polar surface area (TPSA) is 125 Å². The number of carboxylic acids is 1. The van der Waals surface area contributed by atoms with Crippen LogP contribution in [0, 0.1) is 5.92 Å². The minimum Gasteiger partial charge on any atom is -0.481 e. The molecule has 0 aromatic carbocycles. The van der Waals surface area contributed by atoms with E-state index in [0.717, 1.165) is 11.3 Å². The molecule has 1 aliphatic heterocycles. The summed E-state index contributed by atoms with van der Waals surface area (Å²) in [5.74, 6) is -2.23. The molecule has 0 radical (unpaired) electrons. The summed E-state index contributed by atoms with van der Waals surface area (Å²) >= 11 is 1.15. The van der Waals surface area contributed by atoms with Crippen molar-refractivity contribution in [2.24, 2.45) is 5.92 Å². The minimum atomic E-state index is -1.03. The smallest absolute Gasteiger partial charge is 0.350 e. The van der Waals surface area contributed by atoms with E-state index in [0.29, 0.717) is 37.8 Å². The number of esters is 1. The van der Waals surface area contributed by atoms with Crippen LogP contribution in [0.4, 0.5) is 11.6 Å². The standard InChI is InChI=1S/C19H23N5O5S/c1-29-18(28)16-14(3-10-30-16)22-15(25)11-13(17(26)27)12-23-6-8-24(9-7-23)19-20-4-2-5-21-19/h2-5,10,13H,6-9,11-12H2,1H3,(H,22,25)(H,26,27)/t13-/m1/s1.